The van der Waals surface area contributed by atoms with Crippen molar-refractivity contribution >= 4 is 11.9 Å². The van der Waals surface area contributed by atoms with Gasteiger partial charge in [0.05, 0.1) is 12.2 Å². The van der Waals surface area contributed by atoms with Gasteiger partial charge < -0.3 is 10.6 Å². The SMILES string of the molecule is CN(C)C(C(=O)N1CCc2c(nc(N)[nH]c2=O)C1)c1ccccc1F. The van der Waals surface area contributed by atoms with E-state index in [9.17, 15) is 14.0 Å². The van der Waals surface area contributed by atoms with Crippen LogP contribution in [-0.4, -0.2) is 46.3 Å². The van der Waals surface area contributed by atoms with E-state index in [0.29, 0.717) is 29.8 Å². The van der Waals surface area contributed by atoms with Gasteiger partial charge in [0.25, 0.3) is 5.56 Å². The second-order valence-electron chi connectivity index (χ2n) is 6.27. The highest BCUT2D eigenvalue weighted by Crippen LogP contribution is 2.26. The third-order valence-corrected chi connectivity index (χ3v) is 4.35. The minimum absolute atomic E-state index is 0.0244. The Hall–Kier alpha value is -2.74. The van der Waals surface area contributed by atoms with Crippen molar-refractivity contribution < 1.29 is 9.18 Å². The van der Waals surface area contributed by atoms with Crippen molar-refractivity contribution in [3.63, 3.8) is 0 Å². The first-order valence-electron chi connectivity index (χ1n) is 7.95. The summed E-state index contributed by atoms with van der Waals surface area (Å²) >= 11 is 0. The van der Waals surface area contributed by atoms with Crippen molar-refractivity contribution in [3.8, 4) is 0 Å². The van der Waals surface area contributed by atoms with Gasteiger partial charge in [0.2, 0.25) is 11.9 Å². The van der Waals surface area contributed by atoms with Gasteiger partial charge in [0.15, 0.2) is 0 Å². The first kappa shape index (κ1) is 17.1. The summed E-state index contributed by atoms with van der Waals surface area (Å²) < 4.78 is 14.2. The molecule has 1 aromatic carbocycles. The van der Waals surface area contributed by atoms with Crippen molar-refractivity contribution in [2.75, 3.05) is 26.4 Å². The van der Waals surface area contributed by atoms with Gasteiger partial charge in [-0.1, -0.05) is 18.2 Å². The molecule has 0 bridgehead atoms. The van der Waals surface area contributed by atoms with Gasteiger partial charge in [0.1, 0.15) is 11.9 Å². The number of carbonyl (C=O) groups excluding carboxylic acids is 1. The number of carbonyl (C=O) groups is 1. The number of aromatic amines is 1. The lowest BCUT2D eigenvalue weighted by atomic mass is 10.0. The standard InChI is InChI=1S/C17H20FN5O2/c1-22(2)14(10-5-3-4-6-12(10)18)16(25)23-8-7-11-13(9-23)20-17(19)21-15(11)24/h3-6,14H,7-9H2,1-2H3,(H3,19,20,21,24). The molecule has 1 unspecified atom stereocenters. The Balaban J connectivity index is 1.92. The number of hydrogen-bond acceptors (Lipinski definition) is 5. The maximum Gasteiger partial charge on any atom is 0.255 e. The summed E-state index contributed by atoms with van der Waals surface area (Å²) in [7, 11) is 3.46. The fourth-order valence-electron chi connectivity index (χ4n) is 3.15. The van der Waals surface area contributed by atoms with E-state index in [1.165, 1.54) is 6.07 Å². The van der Waals surface area contributed by atoms with E-state index < -0.39 is 11.9 Å². The zero-order chi connectivity index (χ0) is 18.1. The van der Waals surface area contributed by atoms with Gasteiger partial charge in [0, 0.05) is 17.7 Å². The molecule has 132 valence electrons. The summed E-state index contributed by atoms with van der Waals surface area (Å²) in [4.78, 5) is 34.9. The number of benzene rings is 1. The van der Waals surface area contributed by atoms with Crippen molar-refractivity contribution in [1.29, 1.82) is 0 Å². The minimum Gasteiger partial charge on any atom is -0.369 e. The van der Waals surface area contributed by atoms with Gasteiger partial charge >= 0.3 is 0 Å². The van der Waals surface area contributed by atoms with Gasteiger partial charge in [-0.15, -0.1) is 0 Å². The molecule has 8 heteroatoms. The molecule has 2 heterocycles. The lowest BCUT2D eigenvalue weighted by Crippen LogP contribution is -2.44. The van der Waals surface area contributed by atoms with Crippen molar-refractivity contribution in [2.45, 2.75) is 19.0 Å². The summed E-state index contributed by atoms with van der Waals surface area (Å²) in [5.74, 6) is -0.636. The molecular weight excluding hydrogens is 325 g/mol. The number of hydrogen-bond donors (Lipinski definition) is 2. The second kappa shape index (κ2) is 6.64. The Morgan fingerprint density at radius 2 is 2.12 bits per heavy atom. The van der Waals surface area contributed by atoms with E-state index in [1.807, 2.05) is 0 Å². The van der Waals surface area contributed by atoms with Crippen LogP contribution in [0.5, 0.6) is 0 Å². The number of nitrogen functional groups attached to an aromatic ring is 1. The predicted molar refractivity (Wildman–Crippen MR) is 91.2 cm³/mol. The van der Waals surface area contributed by atoms with Crippen molar-refractivity contribution in [1.82, 2.24) is 19.8 Å². The van der Waals surface area contributed by atoms with Crippen LogP contribution in [0.25, 0.3) is 0 Å². The number of aromatic nitrogens is 2. The van der Waals surface area contributed by atoms with Gasteiger partial charge in [-0.3, -0.25) is 19.5 Å². The highest BCUT2D eigenvalue weighted by molar-refractivity contribution is 5.83. The van der Waals surface area contributed by atoms with E-state index in [-0.39, 0.29) is 24.0 Å². The minimum atomic E-state index is -0.748. The van der Waals surface area contributed by atoms with E-state index in [4.69, 9.17) is 5.73 Å². The van der Waals surface area contributed by atoms with E-state index in [2.05, 4.69) is 9.97 Å². The zero-order valence-corrected chi connectivity index (χ0v) is 14.1. The molecule has 0 radical (unpaired) electrons. The van der Waals surface area contributed by atoms with Crippen molar-refractivity contribution in [3.05, 3.63) is 57.3 Å². The number of likely N-dealkylation sites (N-methyl/N-ethyl adjacent to an activating group) is 1. The monoisotopic (exact) mass is 345 g/mol. The van der Waals surface area contributed by atoms with E-state index in [1.54, 1.807) is 42.1 Å². The topological polar surface area (TPSA) is 95.3 Å². The third kappa shape index (κ3) is 3.25. The lowest BCUT2D eigenvalue weighted by Gasteiger charge is -2.33. The second-order valence-corrected chi connectivity index (χ2v) is 6.27. The van der Waals surface area contributed by atoms with Crippen LogP contribution in [0, 0.1) is 5.82 Å². The summed E-state index contributed by atoms with van der Waals surface area (Å²) in [6.45, 7) is 0.556. The molecule has 7 nitrogen and oxygen atoms in total. The van der Waals surface area contributed by atoms with Gasteiger partial charge in [-0.25, -0.2) is 9.37 Å². The molecule has 0 fully saturated rings. The highest BCUT2D eigenvalue weighted by Gasteiger charge is 2.32. The quantitative estimate of drug-likeness (QED) is 0.853. The lowest BCUT2D eigenvalue weighted by molar-refractivity contribution is -0.137. The molecule has 1 amide bonds. The van der Waals surface area contributed by atoms with Crippen LogP contribution in [0.4, 0.5) is 10.3 Å². The number of anilines is 1. The fourth-order valence-corrected chi connectivity index (χ4v) is 3.15. The zero-order valence-electron chi connectivity index (χ0n) is 14.1. The molecule has 3 rings (SSSR count). The van der Waals surface area contributed by atoms with Crippen LogP contribution in [0.15, 0.2) is 29.1 Å². The smallest absolute Gasteiger partial charge is 0.255 e. The molecule has 1 aliphatic heterocycles. The Morgan fingerprint density at radius 3 is 2.80 bits per heavy atom. The Kier molecular flexibility index (Phi) is 4.54. The summed E-state index contributed by atoms with van der Waals surface area (Å²) in [5, 5.41) is 0. The largest absolute Gasteiger partial charge is 0.369 e. The number of H-pyrrole nitrogens is 1. The highest BCUT2D eigenvalue weighted by atomic mass is 19.1. The molecule has 1 atom stereocenters. The molecule has 1 aromatic heterocycles. The Bertz CT molecular complexity index is 864. The number of nitrogens with two attached hydrogens (primary N) is 1. The van der Waals surface area contributed by atoms with E-state index in [0.717, 1.165) is 0 Å². The van der Waals surface area contributed by atoms with Crippen LogP contribution < -0.4 is 11.3 Å². The number of halogens is 1. The molecular formula is C17H20FN5O2. The summed E-state index contributed by atoms with van der Waals surface area (Å²) in [5.41, 5.74) is 6.69. The van der Waals surface area contributed by atoms with Crippen LogP contribution >= 0.6 is 0 Å². The number of amides is 1. The first-order valence-corrected chi connectivity index (χ1v) is 7.95. The molecule has 2 aromatic rings. The number of fused-ring (bicyclic) bond motifs is 1. The molecule has 3 N–H and O–H groups in total. The average molecular weight is 345 g/mol. The Labute approximate surface area is 144 Å². The van der Waals surface area contributed by atoms with Crippen LogP contribution in [-0.2, 0) is 17.8 Å². The summed E-state index contributed by atoms with van der Waals surface area (Å²) in [6.07, 6.45) is 0.390. The predicted octanol–water partition coefficient (Wildman–Crippen LogP) is 0.679. The molecule has 0 spiro atoms. The molecule has 0 saturated carbocycles. The van der Waals surface area contributed by atoms with Gasteiger partial charge in [-0.2, -0.15) is 0 Å². The van der Waals surface area contributed by atoms with Crippen LogP contribution in [0.2, 0.25) is 0 Å². The van der Waals surface area contributed by atoms with Crippen LogP contribution in [0.1, 0.15) is 22.9 Å². The number of nitrogens with one attached hydrogen (secondary N) is 1. The molecule has 0 saturated heterocycles. The average Bonchev–Trinajstić information content (AvgIpc) is 2.55. The molecule has 1 aliphatic rings. The Morgan fingerprint density at radius 1 is 1.40 bits per heavy atom. The summed E-state index contributed by atoms with van der Waals surface area (Å²) in [6, 6.07) is 5.49. The maximum absolute atomic E-state index is 14.2. The number of nitrogens with zero attached hydrogens (tertiary/aromatic N) is 3. The third-order valence-electron chi connectivity index (χ3n) is 4.35. The normalized spacial score (nSPS) is 15.1. The maximum atomic E-state index is 14.2. The number of rotatable bonds is 3. The van der Waals surface area contributed by atoms with E-state index >= 15 is 0 Å². The van der Waals surface area contributed by atoms with Crippen LogP contribution in [0.3, 0.4) is 0 Å². The fraction of sp³-hybridized carbons (Fsp3) is 0.353. The molecule has 25 heavy (non-hydrogen) atoms. The first-order chi connectivity index (χ1) is 11.9. The van der Waals surface area contributed by atoms with Gasteiger partial charge in [-0.05, 0) is 26.6 Å². The van der Waals surface area contributed by atoms with Crippen molar-refractivity contribution in [2.24, 2.45) is 0 Å². The molecule has 0 aliphatic carbocycles.